The molecule has 7 nitrogen and oxygen atoms in total. The molecule has 3 aromatic rings. The Morgan fingerprint density at radius 2 is 1.86 bits per heavy atom. The molecular formula is C18H22F2N6OS. The Hall–Kier alpha value is -2.62. The van der Waals surface area contributed by atoms with Gasteiger partial charge in [-0.3, -0.25) is 4.57 Å². The lowest BCUT2D eigenvalue weighted by atomic mass is 9.87. The summed E-state index contributed by atoms with van der Waals surface area (Å²) in [4.78, 5) is 3.93. The van der Waals surface area contributed by atoms with E-state index >= 15 is 0 Å². The predicted molar refractivity (Wildman–Crippen MR) is 103 cm³/mol. The number of hydrogen-bond donors (Lipinski definition) is 1. The van der Waals surface area contributed by atoms with E-state index < -0.39 is 6.55 Å². The Morgan fingerprint density at radius 1 is 1.14 bits per heavy atom. The Morgan fingerprint density at radius 3 is 2.50 bits per heavy atom. The summed E-state index contributed by atoms with van der Waals surface area (Å²) >= 11 is 1.18. The van der Waals surface area contributed by atoms with Gasteiger partial charge in [-0.05, 0) is 23.1 Å². The first kappa shape index (κ1) is 20.1. The maximum absolute atomic E-state index is 12.9. The summed E-state index contributed by atoms with van der Waals surface area (Å²) in [6.45, 7) is 3.94. The first-order valence-electron chi connectivity index (χ1n) is 8.61. The van der Waals surface area contributed by atoms with Crippen LogP contribution in [-0.4, -0.2) is 24.4 Å². The van der Waals surface area contributed by atoms with E-state index in [0.29, 0.717) is 16.7 Å². The molecular weight excluding hydrogens is 386 g/mol. The molecule has 0 atom stereocenters. The van der Waals surface area contributed by atoms with E-state index in [4.69, 9.17) is 10.6 Å². The van der Waals surface area contributed by atoms with Crippen LogP contribution in [0.3, 0.4) is 0 Å². The van der Waals surface area contributed by atoms with E-state index in [9.17, 15) is 8.78 Å². The number of halogens is 2. The van der Waals surface area contributed by atoms with Crippen LogP contribution in [0.15, 0.2) is 41.8 Å². The van der Waals surface area contributed by atoms with Gasteiger partial charge in [0.05, 0.1) is 5.75 Å². The molecule has 0 unspecified atom stereocenters. The summed E-state index contributed by atoms with van der Waals surface area (Å²) in [6.07, 6.45) is 2.57. The normalized spacial score (nSPS) is 11.9. The second-order valence-electron chi connectivity index (χ2n) is 7.15. The molecule has 0 saturated carbocycles. The molecule has 0 aliphatic rings. The average molecular weight is 408 g/mol. The molecule has 0 radical (unpaired) electrons. The van der Waals surface area contributed by atoms with Crippen molar-refractivity contribution in [2.45, 2.75) is 50.3 Å². The SMILES string of the molecule is CC(C)(C)c1ccc(OCc2nnc(SCc3nccn3C(F)F)n2N)cc1. The first-order valence-corrected chi connectivity index (χ1v) is 9.59. The second-order valence-corrected chi connectivity index (χ2v) is 8.09. The number of benzene rings is 1. The highest BCUT2D eigenvalue weighted by atomic mass is 32.2. The maximum Gasteiger partial charge on any atom is 0.319 e. The van der Waals surface area contributed by atoms with Crippen molar-refractivity contribution in [3.8, 4) is 5.75 Å². The van der Waals surface area contributed by atoms with Crippen LogP contribution >= 0.6 is 11.8 Å². The standard InChI is InChI=1S/C18H22F2N6OS/c1-18(2,3)12-4-6-13(7-5-12)27-10-14-23-24-17(26(14)21)28-11-15-22-8-9-25(15)16(19)20/h4-9,16H,10-11,21H2,1-3H3. The number of nitrogen functional groups attached to an aromatic ring is 1. The van der Waals surface area contributed by atoms with Gasteiger partial charge < -0.3 is 10.6 Å². The molecule has 150 valence electrons. The highest BCUT2D eigenvalue weighted by molar-refractivity contribution is 7.98. The number of rotatable bonds is 7. The van der Waals surface area contributed by atoms with Gasteiger partial charge in [0.15, 0.2) is 5.82 Å². The molecule has 2 aromatic heterocycles. The quantitative estimate of drug-likeness (QED) is 0.473. The highest BCUT2D eigenvalue weighted by Crippen LogP contribution is 2.25. The zero-order valence-corrected chi connectivity index (χ0v) is 16.7. The summed E-state index contributed by atoms with van der Waals surface area (Å²) in [6, 6.07) is 7.85. The zero-order valence-electron chi connectivity index (χ0n) is 15.8. The third-order valence-corrected chi connectivity index (χ3v) is 5.05. The van der Waals surface area contributed by atoms with Crippen LogP contribution in [0, 0.1) is 0 Å². The third-order valence-electron chi connectivity index (χ3n) is 4.11. The monoisotopic (exact) mass is 408 g/mol. The van der Waals surface area contributed by atoms with Crippen LogP contribution in [0.4, 0.5) is 8.78 Å². The van der Waals surface area contributed by atoms with Gasteiger partial charge in [0.2, 0.25) is 5.16 Å². The molecule has 0 aliphatic heterocycles. The van der Waals surface area contributed by atoms with Gasteiger partial charge in [0.1, 0.15) is 18.2 Å². The van der Waals surface area contributed by atoms with Gasteiger partial charge in [-0.1, -0.05) is 44.7 Å². The summed E-state index contributed by atoms with van der Waals surface area (Å²) in [5, 5.41) is 8.40. The van der Waals surface area contributed by atoms with Crippen LogP contribution in [0.25, 0.3) is 0 Å². The number of alkyl halides is 2. The minimum absolute atomic E-state index is 0.0706. The van der Waals surface area contributed by atoms with Gasteiger partial charge in [-0.2, -0.15) is 8.78 Å². The molecule has 0 fully saturated rings. The van der Waals surface area contributed by atoms with Crippen molar-refractivity contribution in [2.24, 2.45) is 0 Å². The zero-order chi connectivity index (χ0) is 20.3. The smallest absolute Gasteiger partial charge is 0.319 e. The van der Waals surface area contributed by atoms with E-state index in [1.807, 2.05) is 24.3 Å². The lowest BCUT2D eigenvalue weighted by molar-refractivity contribution is 0.0678. The lowest BCUT2D eigenvalue weighted by Gasteiger charge is -2.19. The minimum atomic E-state index is -2.64. The van der Waals surface area contributed by atoms with E-state index in [1.54, 1.807) is 0 Å². The van der Waals surface area contributed by atoms with Crippen LogP contribution < -0.4 is 10.6 Å². The first-order chi connectivity index (χ1) is 13.3. The number of imidazole rings is 1. The molecule has 0 bridgehead atoms. The van der Waals surface area contributed by atoms with Crippen LogP contribution in [0.5, 0.6) is 5.75 Å². The number of aromatic nitrogens is 5. The predicted octanol–water partition coefficient (Wildman–Crippen LogP) is 3.75. The Bertz CT molecular complexity index is 917. The Balaban J connectivity index is 1.59. The molecule has 2 heterocycles. The number of hydrogen-bond acceptors (Lipinski definition) is 6. The fraction of sp³-hybridized carbons (Fsp3) is 0.389. The largest absolute Gasteiger partial charge is 0.486 e. The van der Waals surface area contributed by atoms with Crippen LogP contribution in [-0.2, 0) is 17.8 Å². The summed E-state index contributed by atoms with van der Waals surface area (Å²) in [7, 11) is 0. The lowest BCUT2D eigenvalue weighted by Crippen LogP contribution is -2.16. The number of nitrogens with two attached hydrogens (primary N) is 1. The molecule has 0 spiro atoms. The van der Waals surface area contributed by atoms with Crippen molar-refractivity contribution < 1.29 is 13.5 Å². The van der Waals surface area contributed by atoms with E-state index in [-0.39, 0.29) is 23.6 Å². The van der Waals surface area contributed by atoms with E-state index in [0.717, 1.165) is 4.57 Å². The number of nitrogens with zero attached hydrogens (tertiary/aromatic N) is 5. The van der Waals surface area contributed by atoms with Gasteiger partial charge in [-0.15, -0.1) is 10.2 Å². The molecule has 28 heavy (non-hydrogen) atoms. The average Bonchev–Trinajstić information content (AvgIpc) is 3.25. The van der Waals surface area contributed by atoms with Gasteiger partial charge in [0.25, 0.3) is 0 Å². The summed E-state index contributed by atoms with van der Waals surface area (Å²) < 4.78 is 33.5. The van der Waals surface area contributed by atoms with Crippen molar-refractivity contribution in [1.29, 1.82) is 0 Å². The van der Waals surface area contributed by atoms with Crippen LogP contribution in [0.1, 0.15) is 44.5 Å². The fourth-order valence-corrected chi connectivity index (χ4v) is 3.29. The van der Waals surface area contributed by atoms with Crippen molar-refractivity contribution in [3.63, 3.8) is 0 Å². The van der Waals surface area contributed by atoms with E-state index in [2.05, 4.69) is 36.0 Å². The van der Waals surface area contributed by atoms with E-state index in [1.165, 1.54) is 34.4 Å². The maximum atomic E-state index is 12.9. The van der Waals surface area contributed by atoms with Gasteiger partial charge in [-0.25, -0.2) is 9.66 Å². The number of ether oxygens (including phenoxy) is 1. The van der Waals surface area contributed by atoms with Gasteiger partial charge in [0, 0.05) is 12.4 Å². The van der Waals surface area contributed by atoms with Gasteiger partial charge >= 0.3 is 6.55 Å². The number of thioether (sulfide) groups is 1. The molecule has 10 heteroatoms. The second kappa shape index (κ2) is 8.17. The molecule has 3 rings (SSSR count). The van der Waals surface area contributed by atoms with Crippen molar-refractivity contribution in [3.05, 3.63) is 53.9 Å². The molecule has 0 amide bonds. The Kier molecular flexibility index (Phi) is 5.87. The molecule has 2 N–H and O–H groups in total. The molecule has 0 saturated heterocycles. The fourth-order valence-electron chi connectivity index (χ4n) is 2.47. The van der Waals surface area contributed by atoms with Crippen molar-refractivity contribution in [2.75, 3.05) is 5.84 Å². The topological polar surface area (TPSA) is 83.8 Å². The van der Waals surface area contributed by atoms with Crippen molar-refractivity contribution in [1.82, 2.24) is 24.4 Å². The summed E-state index contributed by atoms with van der Waals surface area (Å²) in [5.41, 5.74) is 1.28. The molecule has 1 aromatic carbocycles. The third kappa shape index (κ3) is 4.61. The van der Waals surface area contributed by atoms with Crippen molar-refractivity contribution >= 4 is 11.8 Å². The van der Waals surface area contributed by atoms with Crippen LogP contribution in [0.2, 0.25) is 0 Å². The highest BCUT2D eigenvalue weighted by Gasteiger charge is 2.16. The Labute approximate surface area is 165 Å². The molecule has 0 aliphatic carbocycles. The summed E-state index contributed by atoms with van der Waals surface area (Å²) in [5.74, 6) is 7.56. The minimum Gasteiger partial charge on any atom is -0.486 e.